The first-order chi connectivity index (χ1) is 33.0. The number of hydrogen-bond acceptors (Lipinski definition) is 6. The third-order valence-electron chi connectivity index (χ3n) is 10.9. The Morgan fingerprint density at radius 2 is 0.582 bits per heavy atom. The summed E-state index contributed by atoms with van der Waals surface area (Å²) in [5.41, 5.74) is 0. The van der Waals surface area contributed by atoms with E-state index < -0.39 is 6.10 Å². The average molecular weight is 927 g/mol. The molecule has 6 nitrogen and oxygen atoms in total. The molecule has 0 heterocycles. The van der Waals surface area contributed by atoms with E-state index in [1.54, 1.807) is 0 Å². The summed E-state index contributed by atoms with van der Waals surface area (Å²) in [7, 11) is 0. The number of esters is 3. The SMILES string of the molecule is CC/C=C\C/C=C\C/C=C\C/C=C\C/C=C\CCCCCC(=O)OCC(COC(=O)CCCCC/C=C\CCCCCCCCC)OC(=O)CCCCC/C=C\C/C=C\C/C=C\C/C=C\CC. The second-order valence-corrected chi connectivity index (χ2v) is 17.4. The lowest BCUT2D eigenvalue weighted by Gasteiger charge is -2.18. The molecule has 0 spiro atoms. The zero-order valence-electron chi connectivity index (χ0n) is 43.1. The fourth-order valence-electron chi connectivity index (χ4n) is 6.92. The Morgan fingerprint density at radius 3 is 0.925 bits per heavy atom. The highest BCUT2D eigenvalue weighted by Gasteiger charge is 2.19. The Bertz CT molecular complexity index is 1440. The molecule has 378 valence electrons. The minimum Gasteiger partial charge on any atom is -0.462 e. The van der Waals surface area contributed by atoms with Crippen molar-refractivity contribution in [3.63, 3.8) is 0 Å². The van der Waals surface area contributed by atoms with E-state index in [-0.39, 0.29) is 37.5 Å². The van der Waals surface area contributed by atoms with Crippen molar-refractivity contribution in [2.45, 2.75) is 232 Å². The molecule has 0 fully saturated rings. The van der Waals surface area contributed by atoms with E-state index in [0.29, 0.717) is 19.3 Å². The highest BCUT2D eigenvalue weighted by atomic mass is 16.6. The molecule has 0 aromatic rings. The summed E-state index contributed by atoms with van der Waals surface area (Å²) in [6.45, 7) is 6.33. The van der Waals surface area contributed by atoms with Gasteiger partial charge in [-0.25, -0.2) is 0 Å². The molecule has 0 aromatic heterocycles. The van der Waals surface area contributed by atoms with Gasteiger partial charge in [-0.3, -0.25) is 14.4 Å². The summed E-state index contributed by atoms with van der Waals surface area (Å²) in [6.07, 6.45) is 74.7. The van der Waals surface area contributed by atoms with Crippen LogP contribution in [0.15, 0.2) is 122 Å². The number of rotatable bonds is 47. The van der Waals surface area contributed by atoms with Gasteiger partial charge in [-0.2, -0.15) is 0 Å². The van der Waals surface area contributed by atoms with Crippen LogP contribution in [0.25, 0.3) is 0 Å². The molecule has 0 bridgehead atoms. The second kappa shape index (κ2) is 54.4. The molecule has 0 rings (SSSR count). The lowest BCUT2D eigenvalue weighted by Crippen LogP contribution is -2.30. The maximum Gasteiger partial charge on any atom is 0.306 e. The third kappa shape index (κ3) is 52.6. The molecule has 0 aliphatic heterocycles. The monoisotopic (exact) mass is 927 g/mol. The minimum absolute atomic E-state index is 0.113. The maximum atomic E-state index is 12.8. The van der Waals surface area contributed by atoms with Crippen molar-refractivity contribution in [2.75, 3.05) is 13.2 Å². The van der Waals surface area contributed by atoms with E-state index in [4.69, 9.17) is 14.2 Å². The van der Waals surface area contributed by atoms with Gasteiger partial charge in [0.15, 0.2) is 6.10 Å². The Labute approximate surface area is 412 Å². The Morgan fingerprint density at radius 1 is 0.313 bits per heavy atom. The molecule has 67 heavy (non-hydrogen) atoms. The van der Waals surface area contributed by atoms with E-state index in [1.165, 1.54) is 44.9 Å². The van der Waals surface area contributed by atoms with Crippen molar-refractivity contribution >= 4 is 17.9 Å². The summed E-state index contributed by atoms with van der Waals surface area (Å²) in [5, 5.41) is 0. The predicted molar refractivity (Wildman–Crippen MR) is 288 cm³/mol. The van der Waals surface area contributed by atoms with Gasteiger partial charge in [0, 0.05) is 19.3 Å². The maximum absolute atomic E-state index is 12.8. The van der Waals surface area contributed by atoms with Gasteiger partial charge in [0.2, 0.25) is 0 Å². The summed E-state index contributed by atoms with van der Waals surface area (Å²) in [5.74, 6) is -0.997. The van der Waals surface area contributed by atoms with Gasteiger partial charge in [-0.1, -0.05) is 200 Å². The van der Waals surface area contributed by atoms with Gasteiger partial charge < -0.3 is 14.2 Å². The molecule has 0 aliphatic carbocycles. The molecule has 1 unspecified atom stereocenters. The van der Waals surface area contributed by atoms with Crippen LogP contribution in [0.5, 0.6) is 0 Å². The van der Waals surface area contributed by atoms with Crippen LogP contribution in [0.1, 0.15) is 226 Å². The number of carbonyl (C=O) groups excluding carboxylic acids is 3. The zero-order chi connectivity index (χ0) is 48.6. The van der Waals surface area contributed by atoms with Gasteiger partial charge in [0.25, 0.3) is 0 Å². The van der Waals surface area contributed by atoms with E-state index in [2.05, 4.69) is 142 Å². The number of allylic oxidation sites excluding steroid dienone is 20. The van der Waals surface area contributed by atoms with Crippen LogP contribution in [0.4, 0.5) is 0 Å². The molecule has 0 saturated carbocycles. The van der Waals surface area contributed by atoms with Crippen molar-refractivity contribution in [1.29, 1.82) is 0 Å². The highest BCUT2D eigenvalue weighted by molar-refractivity contribution is 5.71. The molecule has 6 heteroatoms. The van der Waals surface area contributed by atoms with E-state index in [1.807, 2.05) is 0 Å². The quantitative estimate of drug-likeness (QED) is 0.0262. The topological polar surface area (TPSA) is 78.9 Å². The first-order valence-electron chi connectivity index (χ1n) is 27.0. The Hall–Kier alpha value is -4.19. The van der Waals surface area contributed by atoms with Gasteiger partial charge in [-0.05, 0) is 128 Å². The largest absolute Gasteiger partial charge is 0.462 e. The fraction of sp³-hybridized carbons (Fsp3) is 0.623. The van der Waals surface area contributed by atoms with Crippen LogP contribution in [0.2, 0.25) is 0 Å². The minimum atomic E-state index is -0.818. The molecule has 0 aromatic carbocycles. The summed E-state index contributed by atoms with van der Waals surface area (Å²) < 4.78 is 16.8. The molecule has 0 radical (unpaired) electrons. The molecule has 0 amide bonds. The molecule has 1 atom stereocenters. The van der Waals surface area contributed by atoms with Gasteiger partial charge in [0.05, 0.1) is 0 Å². The van der Waals surface area contributed by atoms with Crippen LogP contribution < -0.4 is 0 Å². The first kappa shape index (κ1) is 62.8. The third-order valence-corrected chi connectivity index (χ3v) is 10.9. The van der Waals surface area contributed by atoms with Gasteiger partial charge in [-0.15, -0.1) is 0 Å². The van der Waals surface area contributed by atoms with Crippen LogP contribution in [-0.4, -0.2) is 37.2 Å². The second-order valence-electron chi connectivity index (χ2n) is 17.4. The molecule has 0 N–H and O–H groups in total. The number of ether oxygens (including phenoxy) is 3. The molecular weight excluding hydrogens is 829 g/mol. The zero-order valence-corrected chi connectivity index (χ0v) is 43.1. The summed E-state index contributed by atoms with van der Waals surface area (Å²) >= 11 is 0. The van der Waals surface area contributed by atoms with Crippen LogP contribution >= 0.6 is 0 Å². The normalized spacial score (nSPS) is 13.1. The van der Waals surface area contributed by atoms with Crippen molar-refractivity contribution in [3.05, 3.63) is 122 Å². The summed E-state index contributed by atoms with van der Waals surface area (Å²) in [6, 6.07) is 0. The molecule has 0 aliphatic rings. The van der Waals surface area contributed by atoms with Crippen molar-refractivity contribution < 1.29 is 28.6 Å². The van der Waals surface area contributed by atoms with Crippen LogP contribution in [0, 0.1) is 0 Å². The van der Waals surface area contributed by atoms with Gasteiger partial charge >= 0.3 is 17.9 Å². The van der Waals surface area contributed by atoms with Crippen molar-refractivity contribution in [2.24, 2.45) is 0 Å². The summed E-state index contributed by atoms with van der Waals surface area (Å²) in [4.78, 5) is 38.1. The molecular formula is C61H98O6. The Balaban J connectivity index is 4.54. The van der Waals surface area contributed by atoms with E-state index in [0.717, 1.165) is 135 Å². The average Bonchev–Trinajstić information content (AvgIpc) is 3.33. The van der Waals surface area contributed by atoms with E-state index >= 15 is 0 Å². The lowest BCUT2D eigenvalue weighted by atomic mass is 10.1. The van der Waals surface area contributed by atoms with Crippen molar-refractivity contribution in [3.8, 4) is 0 Å². The number of hydrogen-bond donors (Lipinski definition) is 0. The first-order valence-corrected chi connectivity index (χ1v) is 27.0. The number of carbonyl (C=O) groups is 3. The van der Waals surface area contributed by atoms with Crippen LogP contribution in [-0.2, 0) is 28.6 Å². The number of unbranched alkanes of at least 4 members (excludes halogenated alkanes) is 16. The Kier molecular flexibility index (Phi) is 51.0. The fourth-order valence-corrected chi connectivity index (χ4v) is 6.92. The van der Waals surface area contributed by atoms with Crippen molar-refractivity contribution in [1.82, 2.24) is 0 Å². The standard InChI is InChI=1S/C61H98O6/c1-4-7-10-13-16-19-22-25-28-30-31-32-34-36-39-42-45-48-51-54-60(63)66-57-58(56-65-59(62)53-50-47-44-41-38-35-27-24-21-18-15-12-9-6-3)67-61(64)55-52-49-46-43-40-37-33-29-26-23-20-17-14-11-8-5-2/h7-8,10-11,16-17,19-20,25-26,28-29,31-32,35-40,58H,4-6,9,12-15,18,21-24,27,30,33-34,41-57H2,1-3H3/b10-7-,11-8-,19-16-,20-17-,28-25-,29-26-,32-31-,38-35-,39-36-,40-37-. The smallest absolute Gasteiger partial charge is 0.306 e. The van der Waals surface area contributed by atoms with Gasteiger partial charge in [0.1, 0.15) is 13.2 Å². The molecule has 0 saturated heterocycles. The lowest BCUT2D eigenvalue weighted by molar-refractivity contribution is -0.167. The highest BCUT2D eigenvalue weighted by Crippen LogP contribution is 2.12. The van der Waals surface area contributed by atoms with E-state index in [9.17, 15) is 14.4 Å². The van der Waals surface area contributed by atoms with Crippen LogP contribution in [0.3, 0.4) is 0 Å². The predicted octanol–water partition coefficient (Wildman–Crippen LogP) is 18.1.